The normalized spacial score (nSPS) is 20.5. The maximum Gasteiger partial charge on any atom is 0.254 e. The van der Waals surface area contributed by atoms with Gasteiger partial charge in [-0.15, -0.1) is 5.10 Å². The summed E-state index contributed by atoms with van der Waals surface area (Å²) < 4.78 is 1.97. The van der Waals surface area contributed by atoms with E-state index in [0.717, 1.165) is 79.8 Å². The van der Waals surface area contributed by atoms with E-state index in [1.54, 1.807) is 6.07 Å². The minimum atomic E-state index is -0.292. The van der Waals surface area contributed by atoms with E-state index in [4.69, 9.17) is 10.1 Å². The predicted molar refractivity (Wildman–Crippen MR) is 161 cm³/mol. The molecule has 4 aromatic rings. The highest BCUT2D eigenvalue weighted by molar-refractivity contribution is 6.02. The Hall–Kier alpha value is -4.67. The van der Waals surface area contributed by atoms with Crippen LogP contribution in [0.1, 0.15) is 60.9 Å². The van der Waals surface area contributed by atoms with E-state index in [9.17, 15) is 9.59 Å². The molecule has 0 spiro atoms. The van der Waals surface area contributed by atoms with E-state index in [-0.39, 0.29) is 23.9 Å². The second kappa shape index (κ2) is 11.0. The highest BCUT2D eigenvalue weighted by Crippen LogP contribution is 2.35. The van der Waals surface area contributed by atoms with Crippen molar-refractivity contribution >= 4 is 34.9 Å². The molecule has 42 heavy (non-hydrogen) atoms. The molecule has 0 unspecified atom stereocenters. The van der Waals surface area contributed by atoms with Gasteiger partial charge < -0.3 is 20.4 Å². The average Bonchev–Trinajstić information content (AvgIpc) is 3.76. The van der Waals surface area contributed by atoms with Crippen LogP contribution in [0.15, 0.2) is 55.4 Å². The lowest BCUT2D eigenvalue weighted by molar-refractivity contribution is -0.111. The van der Waals surface area contributed by atoms with E-state index >= 15 is 0 Å². The number of hydrogen-bond acceptors (Lipinski definition) is 7. The van der Waals surface area contributed by atoms with Crippen LogP contribution in [-0.4, -0.2) is 66.7 Å². The Balaban J connectivity index is 1.10. The summed E-state index contributed by atoms with van der Waals surface area (Å²) in [6.07, 6.45) is 12.4. The van der Waals surface area contributed by atoms with Gasteiger partial charge >= 0.3 is 0 Å². The molecule has 11 nitrogen and oxygen atoms in total. The number of rotatable bonds is 7. The highest BCUT2D eigenvalue weighted by atomic mass is 16.2. The number of hydrogen-bond donors (Lipinski definition) is 3. The van der Waals surface area contributed by atoms with Crippen molar-refractivity contribution in [3.05, 3.63) is 66.5 Å². The third-order valence-corrected chi connectivity index (χ3v) is 8.75. The van der Waals surface area contributed by atoms with Crippen molar-refractivity contribution in [2.75, 3.05) is 28.6 Å². The zero-order chi connectivity index (χ0) is 28.6. The fourth-order valence-electron chi connectivity index (χ4n) is 6.68. The van der Waals surface area contributed by atoms with Gasteiger partial charge in [0.15, 0.2) is 5.65 Å². The van der Waals surface area contributed by atoms with Gasteiger partial charge in [-0.3, -0.25) is 14.7 Å². The van der Waals surface area contributed by atoms with E-state index < -0.39 is 0 Å². The first-order valence-corrected chi connectivity index (χ1v) is 14.8. The number of aromatic amines is 1. The fraction of sp³-hybridized carbons (Fsp3) is 0.387. The number of nitrogens with one attached hydrogen (secondary N) is 3. The molecule has 2 fully saturated rings. The van der Waals surface area contributed by atoms with Gasteiger partial charge in [0.05, 0.1) is 6.20 Å². The van der Waals surface area contributed by atoms with E-state index in [2.05, 4.69) is 38.4 Å². The van der Waals surface area contributed by atoms with Crippen LogP contribution >= 0.6 is 0 Å². The molecule has 11 heteroatoms. The van der Waals surface area contributed by atoms with Crippen LogP contribution in [0.3, 0.4) is 0 Å². The maximum absolute atomic E-state index is 13.4. The van der Waals surface area contributed by atoms with Crippen molar-refractivity contribution in [2.45, 2.75) is 63.6 Å². The smallest absolute Gasteiger partial charge is 0.254 e. The number of anilines is 3. The molecule has 216 valence electrons. The Morgan fingerprint density at radius 1 is 1.07 bits per heavy atom. The quantitative estimate of drug-likeness (QED) is 0.280. The fourth-order valence-corrected chi connectivity index (χ4v) is 6.68. The van der Waals surface area contributed by atoms with Gasteiger partial charge in [-0.1, -0.05) is 12.6 Å². The summed E-state index contributed by atoms with van der Waals surface area (Å²) >= 11 is 0. The maximum atomic E-state index is 13.4. The molecule has 0 radical (unpaired) electrons. The molecule has 3 aromatic heterocycles. The summed E-state index contributed by atoms with van der Waals surface area (Å²) in [4.78, 5) is 34.4. The van der Waals surface area contributed by atoms with Crippen LogP contribution in [0.25, 0.3) is 16.8 Å². The van der Waals surface area contributed by atoms with Crippen LogP contribution in [0.5, 0.6) is 0 Å². The van der Waals surface area contributed by atoms with E-state index in [0.29, 0.717) is 23.7 Å². The third-order valence-electron chi connectivity index (χ3n) is 8.75. The van der Waals surface area contributed by atoms with Crippen LogP contribution in [0, 0.1) is 0 Å². The van der Waals surface area contributed by atoms with Gasteiger partial charge in [0, 0.05) is 60.3 Å². The Kier molecular flexibility index (Phi) is 6.85. The first-order chi connectivity index (χ1) is 20.6. The number of piperidine rings is 1. The van der Waals surface area contributed by atoms with Crippen LogP contribution < -0.4 is 15.5 Å². The monoisotopic (exact) mass is 565 g/mol. The zero-order valence-corrected chi connectivity index (χ0v) is 23.6. The lowest BCUT2D eigenvalue weighted by atomic mass is 9.90. The van der Waals surface area contributed by atoms with Gasteiger partial charge in [0.2, 0.25) is 11.9 Å². The number of benzene rings is 1. The molecule has 1 aromatic carbocycles. The average molecular weight is 566 g/mol. The van der Waals surface area contributed by atoms with Crippen LogP contribution in [0.4, 0.5) is 17.5 Å². The second-order valence-corrected chi connectivity index (χ2v) is 11.5. The third kappa shape index (κ3) is 4.88. The summed E-state index contributed by atoms with van der Waals surface area (Å²) in [5, 5.41) is 18.4. The van der Waals surface area contributed by atoms with E-state index in [1.165, 1.54) is 12.5 Å². The minimum absolute atomic E-state index is 0.0224. The van der Waals surface area contributed by atoms with Gasteiger partial charge in [-0.05, 0) is 80.9 Å². The molecule has 2 atom stereocenters. The largest absolute Gasteiger partial charge is 0.356 e. The van der Waals surface area contributed by atoms with Crippen molar-refractivity contribution in [1.82, 2.24) is 29.7 Å². The summed E-state index contributed by atoms with van der Waals surface area (Å²) in [5.74, 6) is 1.40. The topological polar surface area (TPSA) is 124 Å². The van der Waals surface area contributed by atoms with Crippen molar-refractivity contribution in [2.24, 2.45) is 0 Å². The number of fused-ring (bicyclic) bond motifs is 2. The van der Waals surface area contributed by atoms with Gasteiger partial charge in [0.1, 0.15) is 5.82 Å². The summed E-state index contributed by atoms with van der Waals surface area (Å²) in [7, 11) is 0. The molecular formula is C31H35N9O2. The molecule has 3 N–H and O–H groups in total. The lowest BCUT2D eigenvalue weighted by Gasteiger charge is -2.35. The Morgan fingerprint density at radius 2 is 1.95 bits per heavy atom. The number of carbonyl (C=O) groups excluding carboxylic acids is 2. The summed E-state index contributed by atoms with van der Waals surface area (Å²) in [6.45, 7) is 6.07. The SMILES string of the molecule is C=CC(=O)Nc1ccc2c(c1)C(=O)N([C@H]1CCC[C@@H](Nc3nc4ccc(-c5cn[nH]c5)c(N5CCCCC5)n4n3)C1)C2. The molecule has 3 aliphatic rings. The van der Waals surface area contributed by atoms with Gasteiger partial charge in [-0.2, -0.15) is 14.6 Å². The predicted octanol–water partition coefficient (Wildman–Crippen LogP) is 4.61. The summed E-state index contributed by atoms with van der Waals surface area (Å²) in [5.41, 5.74) is 5.19. The summed E-state index contributed by atoms with van der Waals surface area (Å²) in [6, 6.07) is 9.96. The van der Waals surface area contributed by atoms with Crippen LogP contribution in [0.2, 0.25) is 0 Å². The molecule has 5 heterocycles. The van der Waals surface area contributed by atoms with Crippen molar-refractivity contribution in [3.8, 4) is 11.1 Å². The lowest BCUT2D eigenvalue weighted by Crippen LogP contribution is -2.42. The number of aromatic nitrogens is 5. The first-order valence-electron chi connectivity index (χ1n) is 14.8. The van der Waals surface area contributed by atoms with E-state index in [1.807, 2.05) is 40.0 Å². The highest BCUT2D eigenvalue weighted by Gasteiger charge is 2.36. The minimum Gasteiger partial charge on any atom is -0.356 e. The molecule has 7 rings (SSSR count). The molecule has 1 aliphatic carbocycles. The zero-order valence-electron chi connectivity index (χ0n) is 23.6. The first kappa shape index (κ1) is 26.2. The van der Waals surface area contributed by atoms with Gasteiger partial charge in [-0.25, -0.2) is 0 Å². The molecule has 2 amide bonds. The van der Waals surface area contributed by atoms with Gasteiger partial charge in [0.25, 0.3) is 5.91 Å². The van der Waals surface area contributed by atoms with Crippen molar-refractivity contribution in [3.63, 3.8) is 0 Å². The standard InChI is InChI=1S/C31H35N9O2/c1-2-28(41)34-23-10-9-20-19-39(30(42)26(20)16-23)24-8-6-7-22(15-24)35-31-36-27-12-11-25(21-17-32-33-18-21)29(40(27)37-31)38-13-4-3-5-14-38/h2,9-12,16-18,22,24H,1,3-8,13-15,19H2,(H,32,33)(H,34,41)(H,35,37)/t22-,24+/m1/s1. The molecule has 0 bridgehead atoms. The second-order valence-electron chi connectivity index (χ2n) is 11.5. The molecular weight excluding hydrogens is 530 g/mol. The molecule has 2 aliphatic heterocycles. The number of carbonyl (C=O) groups is 2. The number of nitrogens with zero attached hydrogens (tertiary/aromatic N) is 6. The molecule has 1 saturated carbocycles. The Bertz CT molecular complexity index is 1640. The molecule has 1 saturated heterocycles. The Morgan fingerprint density at radius 3 is 2.76 bits per heavy atom. The van der Waals surface area contributed by atoms with Crippen molar-refractivity contribution in [1.29, 1.82) is 0 Å². The number of H-pyrrole nitrogens is 1. The number of amides is 2. The van der Waals surface area contributed by atoms with Crippen molar-refractivity contribution < 1.29 is 9.59 Å². The Labute approximate surface area is 244 Å². The number of pyridine rings is 1. The van der Waals surface area contributed by atoms with Crippen LogP contribution in [-0.2, 0) is 11.3 Å².